The van der Waals surface area contributed by atoms with Crippen LogP contribution in [0.15, 0.2) is 78.9 Å². The van der Waals surface area contributed by atoms with Gasteiger partial charge in [-0.15, -0.1) is 0 Å². The number of hydrogen-bond acceptors (Lipinski definition) is 8. The molecule has 1 amide bonds. The van der Waals surface area contributed by atoms with Gasteiger partial charge in [-0.25, -0.2) is 9.59 Å². The molecule has 4 aromatic rings. The normalized spacial score (nSPS) is 10.9. The summed E-state index contributed by atoms with van der Waals surface area (Å²) < 4.78 is 16.9. The fourth-order valence-corrected chi connectivity index (χ4v) is 4.80. The van der Waals surface area contributed by atoms with Crippen LogP contribution in [0.1, 0.15) is 80.1 Å². The van der Waals surface area contributed by atoms with Gasteiger partial charge in [0.2, 0.25) is 0 Å². The standard InChI is InChI=1S/C20H21ClO4.C19H21NO5/c1-13(2)24-19(23)20(3,4)25-17-11-7-15(8-12-17)18(22)14-5-9-16(21)10-6-14;1-10(2)15-9-14(5-6-16(15)21)25-17-11(3)7-13(8-12(17)4)20-18(22)19(23)24/h5-13H,1-4H3;5-10,21H,1-4H3,(H,20,22)(H,23,24). The van der Waals surface area contributed by atoms with E-state index in [0.29, 0.717) is 39.1 Å². The van der Waals surface area contributed by atoms with E-state index in [2.05, 4.69) is 5.32 Å². The molecule has 50 heavy (non-hydrogen) atoms. The van der Waals surface area contributed by atoms with Gasteiger partial charge in [-0.3, -0.25) is 9.59 Å². The second-order valence-corrected chi connectivity index (χ2v) is 13.0. The number of carbonyl (C=O) groups is 4. The number of aromatic hydroxyl groups is 1. The summed E-state index contributed by atoms with van der Waals surface area (Å²) in [6, 6.07) is 21.7. The predicted molar refractivity (Wildman–Crippen MR) is 192 cm³/mol. The highest BCUT2D eigenvalue weighted by molar-refractivity contribution is 6.36. The molecule has 0 saturated heterocycles. The summed E-state index contributed by atoms with van der Waals surface area (Å²) in [5.74, 6) is -1.11. The number of esters is 1. The predicted octanol–water partition coefficient (Wildman–Crippen LogP) is 8.63. The van der Waals surface area contributed by atoms with Crippen molar-refractivity contribution < 1.29 is 43.6 Å². The maximum absolute atomic E-state index is 12.4. The molecule has 11 heteroatoms. The zero-order valence-electron chi connectivity index (χ0n) is 29.3. The van der Waals surface area contributed by atoms with Gasteiger partial charge < -0.3 is 29.7 Å². The monoisotopic (exact) mass is 703 g/mol. The molecular weight excluding hydrogens is 662 g/mol. The quantitative estimate of drug-likeness (QED) is 0.0838. The Balaban J connectivity index is 0.000000270. The van der Waals surface area contributed by atoms with E-state index in [1.165, 1.54) is 0 Å². The molecule has 0 radical (unpaired) electrons. The first-order valence-corrected chi connectivity index (χ1v) is 16.2. The van der Waals surface area contributed by atoms with Crippen LogP contribution in [-0.4, -0.2) is 45.5 Å². The lowest BCUT2D eigenvalue weighted by atomic mass is 10.0. The van der Waals surface area contributed by atoms with Crippen molar-refractivity contribution in [2.24, 2.45) is 0 Å². The number of carboxylic acid groups (broad SMARTS) is 1. The largest absolute Gasteiger partial charge is 0.508 e. The Kier molecular flexibility index (Phi) is 13.2. The third kappa shape index (κ3) is 10.8. The lowest BCUT2D eigenvalue weighted by Gasteiger charge is -2.25. The van der Waals surface area contributed by atoms with Gasteiger partial charge in [0.05, 0.1) is 6.10 Å². The Labute approximate surface area is 297 Å². The molecule has 0 spiro atoms. The smallest absolute Gasteiger partial charge is 0.394 e. The van der Waals surface area contributed by atoms with Crippen molar-refractivity contribution in [3.63, 3.8) is 0 Å². The number of amides is 1. The zero-order valence-corrected chi connectivity index (χ0v) is 30.0. The minimum Gasteiger partial charge on any atom is -0.508 e. The molecule has 0 aromatic heterocycles. The Morgan fingerprint density at radius 1 is 0.780 bits per heavy atom. The Morgan fingerprint density at radius 2 is 1.30 bits per heavy atom. The van der Waals surface area contributed by atoms with Crippen molar-refractivity contribution in [2.45, 2.75) is 73.0 Å². The lowest BCUT2D eigenvalue weighted by Crippen LogP contribution is -2.40. The summed E-state index contributed by atoms with van der Waals surface area (Å²) in [6.07, 6.45) is -0.213. The summed E-state index contributed by atoms with van der Waals surface area (Å²) in [7, 11) is 0. The molecule has 0 aliphatic rings. The molecule has 3 N–H and O–H groups in total. The third-order valence-corrected chi connectivity index (χ3v) is 7.44. The number of benzene rings is 4. The van der Waals surface area contributed by atoms with Gasteiger partial charge in [0.1, 0.15) is 23.0 Å². The van der Waals surface area contributed by atoms with Crippen molar-refractivity contribution in [3.8, 4) is 23.0 Å². The molecule has 0 saturated carbocycles. The average molecular weight is 704 g/mol. The van der Waals surface area contributed by atoms with Crippen LogP contribution in [-0.2, 0) is 19.1 Å². The highest BCUT2D eigenvalue weighted by Crippen LogP contribution is 2.35. The van der Waals surface area contributed by atoms with Crippen molar-refractivity contribution in [1.29, 1.82) is 0 Å². The number of aryl methyl sites for hydroxylation is 2. The van der Waals surface area contributed by atoms with Crippen molar-refractivity contribution in [3.05, 3.63) is 112 Å². The van der Waals surface area contributed by atoms with Gasteiger partial charge >= 0.3 is 17.8 Å². The van der Waals surface area contributed by atoms with E-state index in [-0.39, 0.29) is 23.6 Å². The van der Waals surface area contributed by atoms with Gasteiger partial charge in [0.15, 0.2) is 11.4 Å². The first kappa shape index (κ1) is 39.1. The molecule has 4 aromatic carbocycles. The van der Waals surface area contributed by atoms with Crippen LogP contribution in [0.25, 0.3) is 0 Å². The first-order chi connectivity index (χ1) is 23.4. The molecule has 264 valence electrons. The summed E-state index contributed by atoms with van der Waals surface area (Å²) in [4.78, 5) is 46.4. The second-order valence-electron chi connectivity index (χ2n) is 12.6. The molecule has 0 unspecified atom stereocenters. The number of anilines is 1. The fraction of sp³-hybridized carbons (Fsp3) is 0.282. The highest BCUT2D eigenvalue weighted by atomic mass is 35.5. The van der Waals surface area contributed by atoms with Crippen LogP contribution >= 0.6 is 11.6 Å². The summed E-state index contributed by atoms with van der Waals surface area (Å²) in [5, 5.41) is 21.5. The van der Waals surface area contributed by atoms with E-state index in [9.17, 15) is 24.3 Å². The summed E-state index contributed by atoms with van der Waals surface area (Å²) in [6.45, 7) is 14.4. The second kappa shape index (κ2) is 16.8. The number of nitrogens with one attached hydrogen (secondary N) is 1. The molecule has 0 atom stereocenters. The minimum absolute atomic E-state index is 0.110. The number of halogens is 1. The van der Waals surface area contributed by atoms with E-state index in [1.54, 1.807) is 107 Å². The van der Waals surface area contributed by atoms with Crippen molar-refractivity contribution in [2.75, 3.05) is 5.32 Å². The van der Waals surface area contributed by atoms with Crippen LogP contribution in [0.5, 0.6) is 23.0 Å². The van der Waals surface area contributed by atoms with Crippen LogP contribution in [0.4, 0.5) is 5.69 Å². The van der Waals surface area contributed by atoms with Crippen LogP contribution < -0.4 is 14.8 Å². The number of ether oxygens (including phenoxy) is 3. The molecule has 10 nitrogen and oxygen atoms in total. The third-order valence-electron chi connectivity index (χ3n) is 7.18. The van der Waals surface area contributed by atoms with Gasteiger partial charge in [0.25, 0.3) is 0 Å². The molecular formula is C39H42ClNO9. The molecule has 0 heterocycles. The number of hydrogen-bond donors (Lipinski definition) is 3. The van der Waals surface area contributed by atoms with Crippen molar-refractivity contribution >= 4 is 40.9 Å². The fourth-order valence-electron chi connectivity index (χ4n) is 4.68. The lowest BCUT2D eigenvalue weighted by molar-refractivity contribution is -0.163. The van der Waals surface area contributed by atoms with E-state index < -0.39 is 23.4 Å². The number of carbonyl (C=O) groups excluding carboxylic acids is 3. The van der Waals surface area contributed by atoms with Crippen molar-refractivity contribution in [1.82, 2.24) is 0 Å². The molecule has 4 rings (SSSR count). The van der Waals surface area contributed by atoms with Gasteiger partial charge in [0, 0.05) is 27.4 Å². The Bertz CT molecular complexity index is 1820. The van der Waals surface area contributed by atoms with Crippen LogP contribution in [0.2, 0.25) is 5.02 Å². The van der Waals surface area contributed by atoms with Crippen LogP contribution in [0.3, 0.4) is 0 Å². The maximum atomic E-state index is 12.4. The number of rotatable bonds is 10. The topological polar surface area (TPSA) is 148 Å². The maximum Gasteiger partial charge on any atom is 0.394 e. The number of ketones is 1. The summed E-state index contributed by atoms with van der Waals surface area (Å²) in [5.41, 5.74) is 2.64. The van der Waals surface area contributed by atoms with E-state index in [0.717, 1.165) is 16.7 Å². The molecule has 0 aliphatic heterocycles. The number of carboxylic acids is 1. The average Bonchev–Trinajstić information content (AvgIpc) is 3.03. The molecule has 0 bridgehead atoms. The van der Waals surface area contributed by atoms with Gasteiger partial charge in [-0.2, -0.15) is 0 Å². The SMILES string of the molecule is CC(C)OC(=O)C(C)(C)Oc1ccc(C(=O)c2ccc(Cl)cc2)cc1.Cc1cc(NC(=O)C(=O)O)cc(C)c1Oc1ccc(O)c(C(C)C)c1. The number of phenols is 1. The first-order valence-electron chi connectivity index (χ1n) is 15.8. The van der Waals surface area contributed by atoms with E-state index in [4.69, 9.17) is 30.9 Å². The Hall–Kier alpha value is -5.35. The molecule has 0 fully saturated rings. The highest BCUT2D eigenvalue weighted by Gasteiger charge is 2.32. The van der Waals surface area contributed by atoms with Gasteiger partial charge in [-0.05, 0) is 137 Å². The molecule has 0 aliphatic carbocycles. The summed E-state index contributed by atoms with van der Waals surface area (Å²) >= 11 is 5.84. The van der Waals surface area contributed by atoms with E-state index in [1.807, 2.05) is 27.7 Å². The van der Waals surface area contributed by atoms with Crippen LogP contribution in [0, 0.1) is 13.8 Å². The van der Waals surface area contributed by atoms with Gasteiger partial charge in [-0.1, -0.05) is 25.4 Å². The number of phenolic OH excluding ortho intramolecular Hbond substituents is 1. The minimum atomic E-state index is -1.54. The van der Waals surface area contributed by atoms with E-state index >= 15 is 0 Å². The number of aliphatic carboxylic acids is 1. The zero-order chi connectivity index (χ0) is 37.3. The Morgan fingerprint density at radius 3 is 1.80 bits per heavy atom.